The van der Waals surface area contributed by atoms with Crippen molar-refractivity contribution >= 4 is 23.3 Å². The van der Waals surface area contributed by atoms with Crippen LogP contribution in [0.4, 0.5) is 0 Å². The number of methoxy groups -OCH3 is 1. The van der Waals surface area contributed by atoms with Crippen LogP contribution >= 0.6 is 11.3 Å². The molecule has 1 aliphatic rings. The zero-order valence-electron chi connectivity index (χ0n) is 12.7. The second kappa shape index (κ2) is 7.15. The van der Waals surface area contributed by atoms with Gasteiger partial charge in [-0.1, -0.05) is 0 Å². The van der Waals surface area contributed by atoms with E-state index in [4.69, 9.17) is 4.74 Å². The fourth-order valence-corrected chi connectivity index (χ4v) is 3.27. The summed E-state index contributed by atoms with van der Waals surface area (Å²) in [5.41, 5.74) is 0.790. The molecule has 0 saturated heterocycles. The summed E-state index contributed by atoms with van der Waals surface area (Å²) < 4.78 is 5.28. The van der Waals surface area contributed by atoms with Gasteiger partial charge < -0.3 is 14.7 Å². The average Bonchev–Trinajstić information content (AvgIpc) is 2.90. The first kappa shape index (κ1) is 16.1. The molecule has 6 heteroatoms. The van der Waals surface area contributed by atoms with Gasteiger partial charge in [0.15, 0.2) is 0 Å². The fraction of sp³-hybridized carbons (Fsp3) is 0.600. The minimum atomic E-state index is -0.632. The molecule has 1 amide bonds. The number of carbonyl (C=O) groups excluding carboxylic acids is 1. The number of hydrogen-bond acceptors (Lipinski definition) is 5. The van der Waals surface area contributed by atoms with Crippen LogP contribution in [-0.4, -0.2) is 53.3 Å². The van der Waals surface area contributed by atoms with E-state index in [1.54, 1.807) is 36.5 Å². The topological polar surface area (TPSA) is 62.7 Å². The highest BCUT2D eigenvalue weighted by Crippen LogP contribution is 2.25. The van der Waals surface area contributed by atoms with Crippen molar-refractivity contribution in [3.8, 4) is 0 Å². The number of carbonyl (C=O) groups is 1. The van der Waals surface area contributed by atoms with Crippen LogP contribution in [0.15, 0.2) is 11.5 Å². The molecule has 0 aliphatic heterocycles. The van der Waals surface area contributed by atoms with Gasteiger partial charge in [-0.3, -0.25) is 4.79 Å². The average molecular weight is 310 g/mol. The van der Waals surface area contributed by atoms with Crippen LogP contribution in [0.25, 0.3) is 6.08 Å². The first-order valence-corrected chi connectivity index (χ1v) is 7.98. The fourth-order valence-electron chi connectivity index (χ4n) is 2.69. The van der Waals surface area contributed by atoms with Gasteiger partial charge in [-0.2, -0.15) is 0 Å². The van der Waals surface area contributed by atoms with E-state index in [1.807, 2.05) is 12.3 Å². The second-order valence-electron chi connectivity index (χ2n) is 5.34. The number of ether oxygens (including phenoxy) is 1. The standard InChI is InChI=1S/C15H22N2O3S/c1-10-16-11(9-21-10)7-8-14(18)17(2)12-5-4-6-13(20-3)15(12)19/h7-9,12-13,15,19H,4-6H2,1-3H3/t12-,13-,15-/m1/s1. The lowest BCUT2D eigenvalue weighted by atomic mass is 9.89. The number of aryl methyl sites for hydroxylation is 1. The van der Waals surface area contributed by atoms with E-state index >= 15 is 0 Å². The summed E-state index contributed by atoms with van der Waals surface area (Å²) in [4.78, 5) is 18.1. The predicted molar refractivity (Wildman–Crippen MR) is 83.1 cm³/mol. The summed E-state index contributed by atoms with van der Waals surface area (Å²) >= 11 is 1.55. The summed E-state index contributed by atoms with van der Waals surface area (Å²) in [5.74, 6) is -0.124. The normalized spacial score (nSPS) is 26.2. The van der Waals surface area contributed by atoms with Gasteiger partial charge in [0.25, 0.3) is 0 Å². The number of aliphatic hydroxyl groups is 1. The Labute approximate surface area is 129 Å². The highest BCUT2D eigenvalue weighted by atomic mass is 32.1. The molecule has 1 aromatic rings. The van der Waals surface area contributed by atoms with Gasteiger partial charge in [-0.25, -0.2) is 4.98 Å². The molecule has 2 rings (SSSR count). The molecule has 0 bridgehead atoms. The molecule has 0 unspecified atom stereocenters. The largest absolute Gasteiger partial charge is 0.388 e. The molecule has 1 N–H and O–H groups in total. The summed E-state index contributed by atoms with van der Waals surface area (Å²) in [7, 11) is 3.33. The van der Waals surface area contributed by atoms with Crippen LogP contribution in [0.5, 0.6) is 0 Å². The van der Waals surface area contributed by atoms with Crippen molar-refractivity contribution in [2.75, 3.05) is 14.2 Å². The lowest BCUT2D eigenvalue weighted by molar-refractivity contribution is -0.135. The molecule has 1 fully saturated rings. The molecular weight excluding hydrogens is 288 g/mol. The molecule has 116 valence electrons. The molecule has 0 radical (unpaired) electrons. The molecule has 0 spiro atoms. The van der Waals surface area contributed by atoms with Crippen molar-refractivity contribution in [2.45, 2.75) is 44.4 Å². The number of rotatable bonds is 4. The maximum Gasteiger partial charge on any atom is 0.246 e. The van der Waals surface area contributed by atoms with Crippen molar-refractivity contribution in [1.29, 1.82) is 0 Å². The van der Waals surface area contributed by atoms with Crippen LogP contribution in [0, 0.1) is 6.92 Å². The zero-order chi connectivity index (χ0) is 15.4. The molecule has 0 aromatic carbocycles. The van der Waals surface area contributed by atoms with Crippen molar-refractivity contribution in [2.24, 2.45) is 0 Å². The van der Waals surface area contributed by atoms with E-state index in [0.717, 1.165) is 30.0 Å². The van der Waals surface area contributed by atoms with Gasteiger partial charge >= 0.3 is 0 Å². The maximum absolute atomic E-state index is 12.2. The van der Waals surface area contributed by atoms with E-state index in [2.05, 4.69) is 4.98 Å². The van der Waals surface area contributed by atoms with Gasteiger partial charge in [-0.05, 0) is 32.3 Å². The Hall–Kier alpha value is -1.24. The Kier molecular flexibility index (Phi) is 5.50. The number of aromatic nitrogens is 1. The Morgan fingerprint density at radius 2 is 2.33 bits per heavy atom. The number of thiazole rings is 1. The summed E-state index contributed by atoms with van der Waals surface area (Å²) in [6, 6.07) is -0.196. The Morgan fingerprint density at radius 1 is 1.57 bits per heavy atom. The number of aliphatic hydroxyl groups excluding tert-OH is 1. The van der Waals surface area contributed by atoms with Crippen LogP contribution < -0.4 is 0 Å². The zero-order valence-corrected chi connectivity index (χ0v) is 13.5. The Balaban J connectivity index is 1.99. The lowest BCUT2D eigenvalue weighted by Gasteiger charge is -2.38. The van der Waals surface area contributed by atoms with Gasteiger partial charge in [-0.15, -0.1) is 11.3 Å². The predicted octanol–water partition coefficient (Wildman–Crippen LogP) is 1.85. The number of likely N-dealkylation sites (N-methyl/N-ethyl adjacent to an activating group) is 1. The third-order valence-electron chi connectivity index (χ3n) is 3.94. The Bertz CT molecular complexity index is 515. The highest BCUT2D eigenvalue weighted by Gasteiger charge is 2.35. The first-order chi connectivity index (χ1) is 10.0. The monoisotopic (exact) mass is 310 g/mol. The van der Waals surface area contributed by atoms with Gasteiger partial charge in [0.05, 0.1) is 22.8 Å². The molecule has 1 saturated carbocycles. The molecule has 21 heavy (non-hydrogen) atoms. The highest BCUT2D eigenvalue weighted by molar-refractivity contribution is 7.09. The molecule has 5 nitrogen and oxygen atoms in total. The third kappa shape index (κ3) is 3.90. The van der Waals surface area contributed by atoms with E-state index in [-0.39, 0.29) is 18.1 Å². The minimum Gasteiger partial charge on any atom is -0.388 e. The maximum atomic E-state index is 12.2. The van der Waals surface area contributed by atoms with E-state index in [1.165, 1.54) is 6.08 Å². The van der Waals surface area contributed by atoms with Gasteiger partial charge in [0.1, 0.15) is 6.10 Å². The number of hydrogen-bond donors (Lipinski definition) is 1. The van der Waals surface area contributed by atoms with Crippen molar-refractivity contribution in [3.05, 3.63) is 22.2 Å². The number of amides is 1. The van der Waals surface area contributed by atoms with E-state index in [9.17, 15) is 9.90 Å². The third-order valence-corrected chi connectivity index (χ3v) is 4.74. The van der Waals surface area contributed by atoms with Crippen LogP contribution in [0.2, 0.25) is 0 Å². The van der Waals surface area contributed by atoms with Crippen LogP contribution in [0.1, 0.15) is 30.0 Å². The molecule has 1 aromatic heterocycles. The van der Waals surface area contributed by atoms with Gasteiger partial charge in [0.2, 0.25) is 5.91 Å². The first-order valence-electron chi connectivity index (χ1n) is 7.10. The van der Waals surface area contributed by atoms with Crippen molar-refractivity contribution < 1.29 is 14.6 Å². The van der Waals surface area contributed by atoms with Crippen molar-refractivity contribution in [1.82, 2.24) is 9.88 Å². The molecule has 1 aliphatic carbocycles. The SMILES string of the molecule is CO[C@@H]1CCC[C@@H](N(C)C(=O)C=Cc2csc(C)n2)[C@H]1O. The van der Waals surface area contributed by atoms with Crippen LogP contribution in [-0.2, 0) is 9.53 Å². The molecule has 3 atom stereocenters. The summed E-state index contributed by atoms with van der Waals surface area (Å²) in [6.45, 7) is 1.93. The second-order valence-corrected chi connectivity index (χ2v) is 6.40. The lowest BCUT2D eigenvalue weighted by Crippen LogP contribution is -2.51. The quantitative estimate of drug-likeness (QED) is 0.862. The smallest absolute Gasteiger partial charge is 0.246 e. The van der Waals surface area contributed by atoms with Gasteiger partial charge in [0, 0.05) is 25.6 Å². The number of nitrogens with zero attached hydrogens (tertiary/aromatic N) is 2. The molecular formula is C15H22N2O3S. The van der Waals surface area contributed by atoms with Crippen LogP contribution in [0.3, 0.4) is 0 Å². The summed E-state index contributed by atoms with van der Waals surface area (Å²) in [5, 5.41) is 13.2. The summed E-state index contributed by atoms with van der Waals surface area (Å²) in [6.07, 6.45) is 4.99. The minimum absolute atomic E-state index is 0.124. The van der Waals surface area contributed by atoms with E-state index in [0.29, 0.717) is 0 Å². The Morgan fingerprint density at radius 3 is 2.95 bits per heavy atom. The van der Waals surface area contributed by atoms with Crippen molar-refractivity contribution in [3.63, 3.8) is 0 Å². The molecule has 1 heterocycles. The van der Waals surface area contributed by atoms with E-state index < -0.39 is 6.10 Å².